The zero-order valence-corrected chi connectivity index (χ0v) is 17.7. The van der Waals surface area contributed by atoms with Crippen molar-refractivity contribution < 1.29 is 19.2 Å². The van der Waals surface area contributed by atoms with E-state index in [1.807, 2.05) is 24.5 Å². The third-order valence-corrected chi connectivity index (χ3v) is 5.42. The summed E-state index contributed by atoms with van der Waals surface area (Å²) in [6.07, 6.45) is 1.69. The summed E-state index contributed by atoms with van der Waals surface area (Å²) < 4.78 is 6.64. The van der Waals surface area contributed by atoms with Crippen LogP contribution in [0.1, 0.15) is 17.0 Å². The Bertz CT molecular complexity index is 1090. The van der Waals surface area contributed by atoms with Crippen molar-refractivity contribution in [3.63, 3.8) is 0 Å². The minimum absolute atomic E-state index is 0.00936. The molecule has 1 aliphatic heterocycles. The molecule has 1 aromatic heterocycles. The van der Waals surface area contributed by atoms with Crippen molar-refractivity contribution in [1.29, 1.82) is 0 Å². The van der Waals surface area contributed by atoms with Crippen LogP contribution in [0.3, 0.4) is 0 Å². The number of nitro benzene ring substituents is 1. The normalized spacial score (nSPS) is 15.3. The molecule has 0 atom stereocenters. The van der Waals surface area contributed by atoms with Crippen LogP contribution in [0.25, 0.3) is 11.8 Å². The zero-order valence-electron chi connectivity index (χ0n) is 16.9. The molecule has 2 aromatic rings. The maximum Gasteiger partial charge on any atom is 0.325 e. The topological polar surface area (TPSA) is 97.9 Å². The largest absolute Gasteiger partial charge is 0.468 e. The summed E-state index contributed by atoms with van der Waals surface area (Å²) in [4.78, 5) is 37.7. The van der Waals surface area contributed by atoms with E-state index in [0.29, 0.717) is 0 Å². The molecule has 0 bridgehead atoms. The summed E-state index contributed by atoms with van der Waals surface area (Å²) in [5.74, 6) is -0.827. The number of amides is 1. The maximum atomic E-state index is 12.7. The summed E-state index contributed by atoms with van der Waals surface area (Å²) in [6.45, 7) is 3.61. The molecule has 1 fully saturated rings. The fourth-order valence-corrected chi connectivity index (χ4v) is 3.59. The number of aryl methyl sites for hydroxylation is 1. The van der Waals surface area contributed by atoms with Crippen molar-refractivity contribution in [3.8, 4) is 5.69 Å². The van der Waals surface area contributed by atoms with E-state index in [1.165, 1.54) is 29.0 Å². The Morgan fingerprint density at radius 2 is 1.90 bits per heavy atom. The Kier molecular flexibility index (Phi) is 5.70. The number of aromatic nitrogens is 1. The minimum Gasteiger partial charge on any atom is -0.468 e. The number of nitro groups is 1. The first-order chi connectivity index (χ1) is 14.1. The van der Waals surface area contributed by atoms with Gasteiger partial charge in [-0.3, -0.25) is 24.6 Å². The Morgan fingerprint density at radius 3 is 2.47 bits per heavy atom. The summed E-state index contributed by atoms with van der Waals surface area (Å²) >= 11 is 5.30. The minimum atomic E-state index is -0.511. The molecule has 0 N–H and O–H groups in total. The number of rotatable bonds is 5. The van der Waals surface area contributed by atoms with E-state index in [0.717, 1.165) is 22.6 Å². The molecular weight excluding hydrogens is 408 g/mol. The lowest BCUT2D eigenvalue weighted by Gasteiger charge is -2.16. The number of carbonyl (C=O) groups excluding carboxylic acids is 2. The molecule has 3 rings (SSSR count). The lowest BCUT2D eigenvalue weighted by Crippen LogP contribution is -2.33. The monoisotopic (exact) mass is 428 g/mol. The van der Waals surface area contributed by atoms with E-state index >= 15 is 0 Å². The number of methoxy groups -OCH3 is 1. The van der Waals surface area contributed by atoms with Crippen molar-refractivity contribution in [2.75, 3.05) is 20.7 Å². The van der Waals surface area contributed by atoms with Gasteiger partial charge in [0.15, 0.2) is 5.11 Å². The second-order valence-corrected chi connectivity index (χ2v) is 7.14. The average molecular weight is 428 g/mol. The van der Waals surface area contributed by atoms with Crippen LogP contribution < -0.4 is 0 Å². The van der Waals surface area contributed by atoms with E-state index in [2.05, 4.69) is 0 Å². The van der Waals surface area contributed by atoms with Gasteiger partial charge in [-0.15, -0.1) is 0 Å². The quantitative estimate of drug-likeness (QED) is 0.237. The van der Waals surface area contributed by atoms with Crippen LogP contribution in [0.15, 0.2) is 36.0 Å². The van der Waals surface area contributed by atoms with Crippen LogP contribution >= 0.6 is 12.2 Å². The van der Waals surface area contributed by atoms with E-state index < -0.39 is 10.9 Å². The van der Waals surface area contributed by atoms with Gasteiger partial charge in [0.2, 0.25) is 0 Å². The van der Waals surface area contributed by atoms with Gasteiger partial charge in [0.25, 0.3) is 11.6 Å². The number of benzene rings is 1. The Hall–Kier alpha value is -3.53. The van der Waals surface area contributed by atoms with Crippen molar-refractivity contribution >= 4 is 41.0 Å². The predicted molar refractivity (Wildman–Crippen MR) is 114 cm³/mol. The lowest BCUT2D eigenvalue weighted by atomic mass is 10.2. The second kappa shape index (κ2) is 8.07. The van der Waals surface area contributed by atoms with Gasteiger partial charge >= 0.3 is 5.97 Å². The van der Waals surface area contributed by atoms with Crippen LogP contribution in [-0.2, 0) is 14.3 Å². The molecule has 0 saturated carbocycles. The van der Waals surface area contributed by atoms with E-state index in [4.69, 9.17) is 17.0 Å². The van der Waals surface area contributed by atoms with E-state index in [9.17, 15) is 19.7 Å². The standard InChI is InChI=1S/C20H20N4O5S/c1-12-9-14(13(2)23(12)15-5-7-16(8-6-15)24(27)28)10-17-19(26)21(3)20(30)22(17)11-18(25)29-4/h5-10H,11H2,1-4H3. The van der Waals surface area contributed by atoms with Gasteiger partial charge in [0.1, 0.15) is 12.2 Å². The maximum absolute atomic E-state index is 12.7. The van der Waals surface area contributed by atoms with Gasteiger partial charge in [-0.2, -0.15) is 0 Å². The van der Waals surface area contributed by atoms with Crippen LogP contribution in [-0.4, -0.2) is 57.0 Å². The number of ether oxygens (including phenoxy) is 1. The number of hydrogen-bond donors (Lipinski definition) is 0. The third kappa shape index (κ3) is 3.69. The summed E-state index contributed by atoms with van der Waals surface area (Å²) in [5, 5.41) is 11.1. The molecule has 1 aromatic carbocycles. The molecule has 0 aliphatic carbocycles. The molecule has 0 radical (unpaired) electrons. The van der Waals surface area contributed by atoms with Gasteiger partial charge < -0.3 is 14.2 Å². The Morgan fingerprint density at radius 1 is 1.27 bits per heavy atom. The molecule has 0 spiro atoms. The molecule has 9 nitrogen and oxygen atoms in total. The molecule has 30 heavy (non-hydrogen) atoms. The Labute approximate surface area is 178 Å². The molecule has 0 unspecified atom stereocenters. The van der Waals surface area contributed by atoms with Crippen molar-refractivity contribution in [1.82, 2.24) is 14.4 Å². The molecule has 2 heterocycles. The first-order valence-electron chi connectivity index (χ1n) is 8.97. The van der Waals surface area contributed by atoms with Gasteiger partial charge in [-0.1, -0.05) is 0 Å². The van der Waals surface area contributed by atoms with Crippen molar-refractivity contribution in [2.24, 2.45) is 0 Å². The average Bonchev–Trinajstić information content (AvgIpc) is 3.10. The fraction of sp³-hybridized carbons (Fsp3) is 0.250. The van der Waals surface area contributed by atoms with Crippen molar-refractivity contribution in [3.05, 3.63) is 63.1 Å². The summed E-state index contributed by atoms with van der Waals surface area (Å²) in [6, 6.07) is 8.12. The van der Waals surface area contributed by atoms with Crippen LogP contribution in [0, 0.1) is 24.0 Å². The SMILES string of the molecule is COC(=O)CN1C(=S)N(C)C(=O)C1=Cc1cc(C)n(-c2ccc([N+](=O)[O-])cc2)c1C. The number of nitrogens with zero attached hydrogens (tertiary/aromatic N) is 4. The number of likely N-dealkylation sites (N-methyl/N-ethyl adjacent to an activating group) is 1. The van der Waals surface area contributed by atoms with E-state index in [1.54, 1.807) is 25.3 Å². The number of non-ortho nitro benzene ring substituents is 1. The van der Waals surface area contributed by atoms with Crippen molar-refractivity contribution in [2.45, 2.75) is 13.8 Å². The molecule has 10 heteroatoms. The highest BCUT2D eigenvalue weighted by atomic mass is 32.1. The number of carbonyl (C=O) groups is 2. The van der Waals surface area contributed by atoms with Crippen LogP contribution in [0.5, 0.6) is 0 Å². The van der Waals surface area contributed by atoms with Gasteiger partial charge in [-0.25, -0.2) is 0 Å². The highest BCUT2D eigenvalue weighted by Gasteiger charge is 2.37. The van der Waals surface area contributed by atoms with Gasteiger partial charge in [0.05, 0.1) is 12.0 Å². The number of hydrogen-bond acceptors (Lipinski definition) is 6. The van der Waals surface area contributed by atoms with E-state index in [-0.39, 0.29) is 28.9 Å². The predicted octanol–water partition coefficient (Wildman–Crippen LogP) is 2.58. The molecule has 1 amide bonds. The first-order valence-corrected chi connectivity index (χ1v) is 9.38. The highest BCUT2D eigenvalue weighted by molar-refractivity contribution is 7.80. The molecule has 1 aliphatic rings. The smallest absolute Gasteiger partial charge is 0.325 e. The van der Waals surface area contributed by atoms with Crippen LogP contribution in [0.2, 0.25) is 0 Å². The fourth-order valence-electron chi connectivity index (χ4n) is 3.35. The lowest BCUT2D eigenvalue weighted by molar-refractivity contribution is -0.384. The highest BCUT2D eigenvalue weighted by Crippen LogP contribution is 2.27. The molecule has 1 saturated heterocycles. The van der Waals surface area contributed by atoms with Gasteiger partial charge in [-0.05, 0) is 55.9 Å². The third-order valence-electron chi connectivity index (χ3n) is 4.93. The molecular formula is C20H20N4O5S. The Balaban J connectivity index is 2.03. The second-order valence-electron chi connectivity index (χ2n) is 6.77. The summed E-state index contributed by atoms with van der Waals surface area (Å²) in [7, 11) is 2.82. The van der Waals surface area contributed by atoms with Crippen LogP contribution in [0.4, 0.5) is 5.69 Å². The summed E-state index contributed by atoms with van der Waals surface area (Å²) in [5.41, 5.74) is 3.53. The number of thiocarbonyl (C=S) groups is 1. The van der Waals surface area contributed by atoms with Gasteiger partial charge in [0, 0.05) is 36.3 Å². The zero-order chi connectivity index (χ0) is 22.2. The molecule has 156 valence electrons. The first kappa shape index (κ1) is 21.2. The number of esters is 1.